The lowest BCUT2D eigenvalue weighted by Gasteiger charge is -2.16. The summed E-state index contributed by atoms with van der Waals surface area (Å²) in [5.74, 6) is 0.364. The number of hydrogen-bond acceptors (Lipinski definition) is 4. The van der Waals surface area contributed by atoms with Crippen molar-refractivity contribution in [2.45, 2.75) is 0 Å². The van der Waals surface area contributed by atoms with Gasteiger partial charge in [0.1, 0.15) is 0 Å². The van der Waals surface area contributed by atoms with Gasteiger partial charge < -0.3 is 10.6 Å². The average Bonchev–Trinajstić information content (AvgIpc) is 2.62. The molecule has 2 N–H and O–H groups in total. The van der Waals surface area contributed by atoms with Crippen LogP contribution in [0.4, 0.5) is 5.69 Å². The van der Waals surface area contributed by atoms with Gasteiger partial charge in [0.25, 0.3) is 0 Å². The standard InChI is InChI=1S/C19H19N5/c1-24(2)18-8-7-15(16-5-3-4-6-17(16)18)13-22-23-19(20)14-9-11-21-12-10-14/h3-13H,1-2H3,(H2,20,23). The van der Waals surface area contributed by atoms with E-state index in [4.69, 9.17) is 5.73 Å². The molecule has 0 aliphatic heterocycles. The fourth-order valence-electron chi connectivity index (χ4n) is 2.54. The molecule has 5 nitrogen and oxygen atoms in total. The van der Waals surface area contributed by atoms with Crippen molar-refractivity contribution < 1.29 is 0 Å². The molecule has 5 heteroatoms. The monoisotopic (exact) mass is 317 g/mol. The molecule has 0 aliphatic rings. The van der Waals surface area contributed by atoms with Crippen LogP contribution < -0.4 is 10.6 Å². The molecule has 3 rings (SSSR count). The highest BCUT2D eigenvalue weighted by atomic mass is 15.2. The molecule has 0 saturated heterocycles. The van der Waals surface area contributed by atoms with Gasteiger partial charge in [-0.2, -0.15) is 5.10 Å². The van der Waals surface area contributed by atoms with E-state index < -0.39 is 0 Å². The Morgan fingerprint density at radius 1 is 1.00 bits per heavy atom. The van der Waals surface area contributed by atoms with Crippen molar-refractivity contribution >= 4 is 28.5 Å². The summed E-state index contributed by atoms with van der Waals surface area (Å²) in [6.07, 6.45) is 5.08. The number of pyridine rings is 1. The lowest BCUT2D eigenvalue weighted by atomic mass is 10.0. The Labute approximate surface area is 141 Å². The molecular formula is C19H19N5. The molecule has 0 saturated carbocycles. The van der Waals surface area contributed by atoms with Crippen LogP contribution in [-0.4, -0.2) is 31.1 Å². The van der Waals surface area contributed by atoms with Crippen molar-refractivity contribution in [2.24, 2.45) is 15.9 Å². The Hall–Kier alpha value is -3.21. The maximum Gasteiger partial charge on any atom is 0.153 e. The van der Waals surface area contributed by atoms with Crippen molar-refractivity contribution in [2.75, 3.05) is 19.0 Å². The number of fused-ring (bicyclic) bond motifs is 1. The molecule has 24 heavy (non-hydrogen) atoms. The molecule has 0 fully saturated rings. The van der Waals surface area contributed by atoms with E-state index in [1.807, 2.05) is 32.3 Å². The second-order valence-corrected chi connectivity index (χ2v) is 5.58. The van der Waals surface area contributed by atoms with Gasteiger partial charge in [-0.3, -0.25) is 4.98 Å². The summed E-state index contributed by atoms with van der Waals surface area (Å²) in [5.41, 5.74) is 8.91. The quantitative estimate of drug-likeness (QED) is 0.457. The highest BCUT2D eigenvalue weighted by molar-refractivity contribution is 6.05. The van der Waals surface area contributed by atoms with Crippen LogP contribution in [0.25, 0.3) is 10.8 Å². The highest BCUT2D eigenvalue weighted by Gasteiger charge is 2.05. The molecule has 3 aromatic rings. The van der Waals surface area contributed by atoms with E-state index in [9.17, 15) is 0 Å². The van der Waals surface area contributed by atoms with E-state index >= 15 is 0 Å². The smallest absolute Gasteiger partial charge is 0.153 e. The molecule has 0 aliphatic carbocycles. The average molecular weight is 317 g/mol. The Morgan fingerprint density at radius 2 is 1.71 bits per heavy atom. The zero-order valence-corrected chi connectivity index (χ0v) is 13.7. The van der Waals surface area contributed by atoms with Crippen molar-refractivity contribution in [1.82, 2.24) is 4.98 Å². The Bertz CT molecular complexity index is 898. The number of nitrogens with zero attached hydrogens (tertiary/aromatic N) is 4. The summed E-state index contributed by atoms with van der Waals surface area (Å²) in [7, 11) is 4.07. The predicted molar refractivity (Wildman–Crippen MR) is 101 cm³/mol. The van der Waals surface area contributed by atoms with Crippen molar-refractivity contribution in [3.63, 3.8) is 0 Å². The maximum absolute atomic E-state index is 5.94. The van der Waals surface area contributed by atoms with Crippen LogP contribution in [0.2, 0.25) is 0 Å². The number of hydrogen-bond donors (Lipinski definition) is 1. The topological polar surface area (TPSA) is 66.9 Å². The minimum absolute atomic E-state index is 0.364. The fourth-order valence-corrected chi connectivity index (χ4v) is 2.54. The van der Waals surface area contributed by atoms with Gasteiger partial charge in [0.2, 0.25) is 0 Å². The van der Waals surface area contributed by atoms with Gasteiger partial charge in [0.05, 0.1) is 6.21 Å². The summed E-state index contributed by atoms with van der Waals surface area (Å²) < 4.78 is 0. The van der Waals surface area contributed by atoms with Crippen LogP contribution >= 0.6 is 0 Å². The molecule has 1 heterocycles. The SMILES string of the molecule is CN(C)c1ccc(C=NN=C(N)c2ccncc2)c2ccccc12. The van der Waals surface area contributed by atoms with Gasteiger partial charge in [-0.1, -0.05) is 30.3 Å². The van der Waals surface area contributed by atoms with Crippen molar-refractivity contribution in [3.8, 4) is 0 Å². The van der Waals surface area contributed by atoms with Gasteiger partial charge in [-0.05, 0) is 23.6 Å². The first-order chi connectivity index (χ1) is 11.7. The first kappa shape index (κ1) is 15.7. The molecule has 0 spiro atoms. The first-order valence-corrected chi connectivity index (χ1v) is 7.63. The van der Waals surface area contributed by atoms with E-state index in [2.05, 4.69) is 38.3 Å². The highest BCUT2D eigenvalue weighted by Crippen LogP contribution is 2.27. The summed E-state index contributed by atoms with van der Waals surface area (Å²) in [6.45, 7) is 0. The number of anilines is 1. The third-order valence-corrected chi connectivity index (χ3v) is 3.75. The predicted octanol–water partition coefficient (Wildman–Crippen LogP) is 3.04. The largest absolute Gasteiger partial charge is 0.382 e. The van der Waals surface area contributed by atoms with Crippen LogP contribution in [0.1, 0.15) is 11.1 Å². The van der Waals surface area contributed by atoms with Gasteiger partial charge in [-0.15, -0.1) is 5.10 Å². The van der Waals surface area contributed by atoms with E-state index in [0.29, 0.717) is 5.84 Å². The van der Waals surface area contributed by atoms with Crippen LogP contribution in [-0.2, 0) is 0 Å². The van der Waals surface area contributed by atoms with Gasteiger partial charge >= 0.3 is 0 Å². The minimum Gasteiger partial charge on any atom is -0.382 e. The van der Waals surface area contributed by atoms with Gasteiger partial charge in [0, 0.05) is 48.7 Å². The van der Waals surface area contributed by atoms with Gasteiger partial charge in [0.15, 0.2) is 5.84 Å². The second kappa shape index (κ2) is 6.91. The third-order valence-electron chi connectivity index (χ3n) is 3.75. The van der Waals surface area contributed by atoms with Crippen LogP contribution in [0.15, 0.2) is 71.1 Å². The minimum atomic E-state index is 0.364. The zero-order chi connectivity index (χ0) is 16.9. The molecule has 0 bridgehead atoms. The number of rotatable bonds is 4. The molecule has 2 aromatic carbocycles. The number of benzene rings is 2. The molecule has 120 valence electrons. The van der Waals surface area contributed by atoms with Crippen LogP contribution in [0.5, 0.6) is 0 Å². The van der Waals surface area contributed by atoms with Crippen LogP contribution in [0.3, 0.4) is 0 Å². The third kappa shape index (κ3) is 3.25. The van der Waals surface area contributed by atoms with E-state index in [-0.39, 0.29) is 0 Å². The first-order valence-electron chi connectivity index (χ1n) is 7.63. The summed E-state index contributed by atoms with van der Waals surface area (Å²) in [4.78, 5) is 6.06. The Balaban J connectivity index is 1.95. The van der Waals surface area contributed by atoms with E-state index in [1.165, 1.54) is 11.1 Å². The van der Waals surface area contributed by atoms with E-state index in [1.54, 1.807) is 30.7 Å². The Morgan fingerprint density at radius 3 is 2.42 bits per heavy atom. The van der Waals surface area contributed by atoms with Gasteiger partial charge in [-0.25, -0.2) is 0 Å². The fraction of sp³-hybridized carbons (Fsp3) is 0.105. The van der Waals surface area contributed by atoms with Crippen LogP contribution in [0, 0.1) is 0 Å². The molecule has 0 unspecified atom stereocenters. The number of amidine groups is 1. The van der Waals surface area contributed by atoms with Crippen molar-refractivity contribution in [1.29, 1.82) is 0 Å². The van der Waals surface area contributed by atoms with E-state index in [0.717, 1.165) is 16.5 Å². The van der Waals surface area contributed by atoms with Crippen molar-refractivity contribution in [3.05, 3.63) is 72.1 Å². The number of nitrogens with two attached hydrogens (primary N) is 1. The molecule has 0 radical (unpaired) electrons. The normalized spacial score (nSPS) is 12.0. The molecular weight excluding hydrogens is 298 g/mol. The number of aromatic nitrogens is 1. The maximum atomic E-state index is 5.94. The zero-order valence-electron chi connectivity index (χ0n) is 13.7. The molecule has 0 atom stereocenters. The lowest BCUT2D eigenvalue weighted by Crippen LogP contribution is -2.12. The Kier molecular flexibility index (Phi) is 4.52. The summed E-state index contributed by atoms with van der Waals surface area (Å²) in [5, 5.41) is 10.5. The molecule has 0 amide bonds. The lowest BCUT2D eigenvalue weighted by molar-refractivity contribution is 1.14. The molecule has 1 aromatic heterocycles. The summed E-state index contributed by atoms with van der Waals surface area (Å²) in [6, 6.07) is 16.0. The summed E-state index contributed by atoms with van der Waals surface area (Å²) >= 11 is 0. The second-order valence-electron chi connectivity index (χ2n) is 5.58.